The Morgan fingerprint density at radius 1 is 0.882 bits per heavy atom. The maximum Gasteiger partial charge on any atom is 0.176 e. The number of benzene rings is 1. The molecule has 0 fully saturated rings. The van der Waals surface area contributed by atoms with Crippen LogP contribution in [0.25, 0.3) is 54.8 Å². The molecule has 6 rings (SSSR count). The van der Waals surface area contributed by atoms with Crippen LogP contribution >= 0.6 is 11.3 Å². The number of aromatic amines is 2. The van der Waals surface area contributed by atoms with Crippen molar-refractivity contribution in [2.45, 2.75) is 6.54 Å². The number of rotatable bonds is 5. The van der Waals surface area contributed by atoms with E-state index in [4.69, 9.17) is 0 Å². The van der Waals surface area contributed by atoms with Gasteiger partial charge in [0.2, 0.25) is 0 Å². The fourth-order valence-corrected chi connectivity index (χ4v) is 5.08. The quantitative estimate of drug-likeness (QED) is 0.321. The van der Waals surface area contributed by atoms with E-state index in [0.29, 0.717) is 0 Å². The van der Waals surface area contributed by atoms with E-state index >= 15 is 0 Å². The van der Waals surface area contributed by atoms with Crippen molar-refractivity contribution in [2.75, 3.05) is 14.1 Å². The second-order valence-corrected chi connectivity index (χ2v) is 9.62. The van der Waals surface area contributed by atoms with Crippen molar-refractivity contribution in [3.05, 3.63) is 77.9 Å². The highest BCUT2D eigenvalue weighted by Crippen LogP contribution is 2.36. The van der Waals surface area contributed by atoms with Crippen molar-refractivity contribution in [3.63, 3.8) is 0 Å². The molecule has 0 unspecified atom stereocenters. The number of fused-ring (bicyclic) bond motifs is 2. The predicted molar refractivity (Wildman–Crippen MR) is 135 cm³/mol. The molecule has 0 amide bonds. The lowest BCUT2D eigenvalue weighted by atomic mass is 10.0. The number of hydrogen-bond acceptors (Lipinski definition) is 5. The first-order valence-electron chi connectivity index (χ1n) is 10.8. The molecule has 0 atom stereocenters. The Bertz CT molecular complexity index is 1640. The smallest absolute Gasteiger partial charge is 0.176 e. The van der Waals surface area contributed by atoms with Crippen LogP contribution in [0, 0.1) is 5.13 Å². The van der Waals surface area contributed by atoms with Gasteiger partial charge in [0, 0.05) is 51.9 Å². The normalized spacial score (nSPS) is 11.8. The number of thiophene rings is 1. The second kappa shape index (κ2) is 8.16. The standard InChI is InChI=1S/C26H21FN6S/c1-33(2)14-15-7-17(11-28-10-15)16-3-4-21-19(8-16)26(32-31-21)22-9-18-20(12-29-13-23(18)30-22)24-5-6-25(27)34-24/h3-13,30H,14H2,1-2H3,(H,31,32). The number of halogens is 1. The lowest BCUT2D eigenvalue weighted by Crippen LogP contribution is -2.10. The van der Waals surface area contributed by atoms with Crippen LogP contribution in [0.4, 0.5) is 4.39 Å². The van der Waals surface area contributed by atoms with Gasteiger partial charge in [-0.2, -0.15) is 9.49 Å². The molecule has 0 aliphatic heterocycles. The highest BCUT2D eigenvalue weighted by atomic mass is 32.1. The van der Waals surface area contributed by atoms with Crippen LogP contribution in [0.1, 0.15) is 5.56 Å². The first kappa shape index (κ1) is 20.7. The average molecular weight is 469 g/mol. The minimum atomic E-state index is -0.210. The van der Waals surface area contributed by atoms with Crippen LogP contribution in [-0.4, -0.2) is 44.1 Å². The summed E-state index contributed by atoms with van der Waals surface area (Å²) in [6, 6.07) is 13.8. The van der Waals surface area contributed by atoms with Gasteiger partial charge in [-0.1, -0.05) is 6.07 Å². The third-order valence-electron chi connectivity index (χ3n) is 5.83. The van der Waals surface area contributed by atoms with Crippen LogP contribution in [0.2, 0.25) is 0 Å². The van der Waals surface area contributed by atoms with Gasteiger partial charge < -0.3 is 9.88 Å². The van der Waals surface area contributed by atoms with Crippen LogP contribution in [0.3, 0.4) is 0 Å². The summed E-state index contributed by atoms with van der Waals surface area (Å²) in [7, 11) is 4.10. The minimum Gasteiger partial charge on any atom is -0.352 e. The monoisotopic (exact) mass is 468 g/mol. The molecule has 0 spiro atoms. The van der Waals surface area contributed by atoms with Crippen molar-refractivity contribution in [1.29, 1.82) is 0 Å². The van der Waals surface area contributed by atoms with Gasteiger partial charge in [-0.3, -0.25) is 15.1 Å². The molecule has 0 radical (unpaired) electrons. The van der Waals surface area contributed by atoms with Crippen LogP contribution in [0.15, 0.2) is 67.3 Å². The van der Waals surface area contributed by atoms with Gasteiger partial charge in [0.15, 0.2) is 5.13 Å². The van der Waals surface area contributed by atoms with Crippen LogP contribution in [0.5, 0.6) is 0 Å². The lowest BCUT2D eigenvalue weighted by molar-refractivity contribution is 0.402. The Balaban J connectivity index is 1.45. The van der Waals surface area contributed by atoms with Crippen molar-refractivity contribution in [3.8, 4) is 33.0 Å². The van der Waals surface area contributed by atoms with E-state index in [1.807, 2.05) is 32.6 Å². The van der Waals surface area contributed by atoms with Gasteiger partial charge in [0.25, 0.3) is 0 Å². The molecule has 0 aliphatic rings. The molecular formula is C26H21FN6S. The van der Waals surface area contributed by atoms with E-state index in [1.165, 1.54) is 6.07 Å². The van der Waals surface area contributed by atoms with Gasteiger partial charge in [0.1, 0.15) is 5.69 Å². The lowest BCUT2D eigenvalue weighted by Gasteiger charge is -2.10. The zero-order valence-corrected chi connectivity index (χ0v) is 19.4. The summed E-state index contributed by atoms with van der Waals surface area (Å²) in [4.78, 5) is 15.2. The molecule has 2 N–H and O–H groups in total. The Hall–Kier alpha value is -3.88. The van der Waals surface area contributed by atoms with Crippen molar-refractivity contribution in [2.24, 2.45) is 0 Å². The largest absolute Gasteiger partial charge is 0.352 e. The Labute approximate surface area is 199 Å². The molecule has 6 aromatic rings. The molecule has 0 bridgehead atoms. The molecule has 6 nitrogen and oxygen atoms in total. The average Bonchev–Trinajstić information content (AvgIpc) is 3.55. The van der Waals surface area contributed by atoms with E-state index < -0.39 is 0 Å². The third kappa shape index (κ3) is 3.67. The van der Waals surface area contributed by atoms with Gasteiger partial charge in [-0.25, -0.2) is 0 Å². The maximum atomic E-state index is 13.7. The summed E-state index contributed by atoms with van der Waals surface area (Å²) in [5.41, 5.74) is 7.75. The number of hydrogen-bond donors (Lipinski definition) is 2. The molecule has 34 heavy (non-hydrogen) atoms. The van der Waals surface area contributed by atoms with Gasteiger partial charge in [-0.05, 0) is 61.6 Å². The van der Waals surface area contributed by atoms with E-state index in [0.717, 1.165) is 78.2 Å². The number of nitrogens with one attached hydrogen (secondary N) is 2. The van der Waals surface area contributed by atoms with E-state index in [1.54, 1.807) is 18.5 Å². The van der Waals surface area contributed by atoms with E-state index in [2.05, 4.69) is 54.3 Å². The SMILES string of the molecule is CN(C)Cc1cncc(-c2ccc3[nH]nc(-c4cc5c(-c6ccc(F)s6)cncc5[nH]4)c3c2)c1. The molecule has 5 aromatic heterocycles. The second-order valence-electron chi connectivity index (χ2n) is 8.59. The summed E-state index contributed by atoms with van der Waals surface area (Å²) in [5, 5.41) is 9.53. The van der Waals surface area contributed by atoms with Crippen molar-refractivity contribution < 1.29 is 4.39 Å². The summed E-state index contributed by atoms with van der Waals surface area (Å²) in [6.07, 6.45) is 7.36. The number of H-pyrrole nitrogens is 2. The first-order valence-corrected chi connectivity index (χ1v) is 11.7. The third-order valence-corrected chi connectivity index (χ3v) is 6.74. The van der Waals surface area contributed by atoms with Gasteiger partial charge in [0.05, 0.1) is 22.9 Å². The van der Waals surface area contributed by atoms with Crippen molar-refractivity contribution >= 4 is 33.1 Å². The highest BCUT2D eigenvalue weighted by Gasteiger charge is 2.15. The maximum absolute atomic E-state index is 13.7. The fraction of sp³-hybridized carbons (Fsp3) is 0.115. The van der Waals surface area contributed by atoms with E-state index in [-0.39, 0.29) is 5.13 Å². The summed E-state index contributed by atoms with van der Waals surface area (Å²) in [6.45, 7) is 0.833. The van der Waals surface area contributed by atoms with Gasteiger partial charge >= 0.3 is 0 Å². The molecule has 0 saturated heterocycles. The molecule has 8 heteroatoms. The molecule has 0 aliphatic carbocycles. The van der Waals surface area contributed by atoms with Gasteiger partial charge in [-0.15, -0.1) is 11.3 Å². The molecule has 0 saturated carbocycles. The molecular weight excluding hydrogens is 447 g/mol. The molecule has 1 aromatic carbocycles. The van der Waals surface area contributed by atoms with Crippen LogP contribution < -0.4 is 0 Å². The molecule has 168 valence electrons. The fourth-order valence-electron chi connectivity index (χ4n) is 4.33. The Kier molecular flexibility index (Phi) is 4.97. The molecule has 5 heterocycles. The summed E-state index contributed by atoms with van der Waals surface area (Å²) >= 11 is 1.12. The first-order chi connectivity index (χ1) is 16.5. The zero-order chi connectivity index (χ0) is 23.2. The zero-order valence-electron chi connectivity index (χ0n) is 18.6. The predicted octanol–water partition coefficient (Wildman–Crippen LogP) is 6.10. The highest BCUT2D eigenvalue weighted by molar-refractivity contribution is 7.14. The Morgan fingerprint density at radius 3 is 2.59 bits per heavy atom. The number of pyridine rings is 2. The van der Waals surface area contributed by atoms with Crippen molar-refractivity contribution in [1.82, 2.24) is 30.0 Å². The number of nitrogens with zero attached hydrogens (tertiary/aromatic N) is 4. The summed E-state index contributed by atoms with van der Waals surface area (Å²) < 4.78 is 13.7. The summed E-state index contributed by atoms with van der Waals surface area (Å²) in [5.74, 6) is 0. The minimum absolute atomic E-state index is 0.210. The topological polar surface area (TPSA) is 73.5 Å². The van der Waals surface area contributed by atoms with E-state index in [9.17, 15) is 4.39 Å². The van der Waals surface area contributed by atoms with Crippen LogP contribution in [-0.2, 0) is 6.54 Å². The number of aromatic nitrogens is 5. The Morgan fingerprint density at radius 2 is 1.76 bits per heavy atom.